The highest BCUT2D eigenvalue weighted by Gasteiger charge is 2.12. The number of hydrogen-bond donors (Lipinski definition) is 0. The van der Waals surface area contributed by atoms with E-state index < -0.39 is 42.9 Å². The van der Waals surface area contributed by atoms with Crippen LogP contribution < -0.4 is 11.2 Å². The molecule has 0 saturated heterocycles. The van der Waals surface area contributed by atoms with Crippen LogP contribution >= 0.6 is 0 Å². The van der Waals surface area contributed by atoms with E-state index in [-0.39, 0.29) is 9.13 Å². The zero-order valence-electron chi connectivity index (χ0n) is 15.7. The molecule has 0 fully saturated rings. The Bertz CT molecular complexity index is 879. The van der Waals surface area contributed by atoms with Gasteiger partial charge in [-0.3, -0.25) is 13.9 Å². The van der Waals surface area contributed by atoms with Crippen molar-refractivity contribution in [3.8, 4) is 0 Å². The van der Waals surface area contributed by atoms with Gasteiger partial charge in [0.05, 0.1) is 6.33 Å². The van der Waals surface area contributed by atoms with Crippen LogP contribution in [0.25, 0.3) is 11.2 Å². The van der Waals surface area contributed by atoms with Crippen molar-refractivity contribution in [2.45, 2.75) is 13.4 Å². The van der Waals surface area contributed by atoms with Gasteiger partial charge >= 0.3 is 5.69 Å². The fraction of sp³-hybridized carbons (Fsp3) is 0.444. The number of fused-ring (bicyclic) bond motifs is 1. The summed E-state index contributed by atoms with van der Waals surface area (Å²) in [5, 5.41) is 0. The van der Waals surface area contributed by atoms with E-state index in [9.17, 15) is 9.59 Å². The molecule has 2 aromatic heterocycles. The predicted octanol–water partition coefficient (Wildman–Crippen LogP) is -0.546. The summed E-state index contributed by atoms with van der Waals surface area (Å²) in [5.41, 5.74) is -4.04. The summed E-state index contributed by atoms with van der Waals surface area (Å²) in [7, 11) is 0. The second-order valence-electron chi connectivity index (χ2n) is 2.77. The number of aromatic nitrogens is 4. The largest absolute Gasteiger partial charge is 0.332 e. The Morgan fingerprint density at radius 2 is 2.33 bits per heavy atom. The van der Waals surface area contributed by atoms with E-state index in [1.807, 2.05) is 0 Å². The summed E-state index contributed by atoms with van der Waals surface area (Å²) in [6.07, 6.45) is 0.719. The molecule has 6 nitrogen and oxygen atoms in total. The Kier molecular flexibility index (Phi) is 0.812. The molecule has 0 radical (unpaired) electrons. The summed E-state index contributed by atoms with van der Waals surface area (Å²) in [4.78, 5) is 28.3. The smallest absolute Gasteiger partial charge is 0.328 e. The molecule has 2 aromatic rings. The van der Waals surface area contributed by atoms with Crippen LogP contribution in [-0.4, -0.2) is 18.7 Å². The van der Waals surface area contributed by atoms with E-state index in [4.69, 9.17) is 11.0 Å². The van der Waals surface area contributed by atoms with Gasteiger partial charge in [-0.2, -0.15) is 0 Å². The highest BCUT2D eigenvalue weighted by Crippen LogP contribution is 2.02. The molecule has 15 heavy (non-hydrogen) atoms. The quantitative estimate of drug-likeness (QED) is 0.643. The number of imidazole rings is 1. The monoisotopic (exact) mass is 216 g/mol. The first-order valence-electron chi connectivity index (χ1n) is 7.94. The summed E-state index contributed by atoms with van der Waals surface area (Å²) < 4.78 is 60.1. The molecule has 0 bridgehead atoms. The second kappa shape index (κ2) is 3.08. The topological polar surface area (TPSA) is 61.8 Å². The van der Waals surface area contributed by atoms with Crippen LogP contribution in [-0.2, 0) is 20.4 Å². The first-order chi connectivity index (χ1) is 10.2. The molecule has 0 atom stereocenters. The fourth-order valence-electron chi connectivity index (χ4n) is 1.28. The molecule has 6 heteroatoms. The van der Waals surface area contributed by atoms with Crippen molar-refractivity contribution >= 4 is 11.2 Å². The standard InChI is InChI=1S/C9H12N4O2/c1-4-13-8(14)6-7(10-5-11(6)2)12(3)9(13)15/h5H,4H2,1-3H3/i2D3,3D3,4D2. The lowest BCUT2D eigenvalue weighted by Gasteiger charge is -2.05. The minimum atomic E-state index is -3.08. The van der Waals surface area contributed by atoms with E-state index in [0.29, 0.717) is 4.57 Å². The summed E-state index contributed by atoms with van der Waals surface area (Å²) >= 11 is 0. The SMILES string of the molecule is [2H]C([2H])([2H])n1cnc2c1c(=O)n(C([2H])([2H])C)c(=O)n2C([2H])([2H])[2H]. The normalized spacial score (nSPS) is 21.7. The van der Waals surface area contributed by atoms with Gasteiger partial charge in [0.1, 0.15) is 0 Å². The molecule has 0 amide bonds. The van der Waals surface area contributed by atoms with Crippen molar-refractivity contribution in [3.63, 3.8) is 0 Å². The van der Waals surface area contributed by atoms with Gasteiger partial charge < -0.3 is 4.57 Å². The van der Waals surface area contributed by atoms with Crippen molar-refractivity contribution in [1.29, 1.82) is 0 Å². The average Bonchev–Trinajstić information content (AvgIpc) is 2.68. The molecule has 0 saturated carbocycles. The molecule has 0 aliphatic heterocycles. The van der Waals surface area contributed by atoms with Gasteiger partial charge in [-0.15, -0.1) is 0 Å². The number of hydrogen-bond acceptors (Lipinski definition) is 3. The van der Waals surface area contributed by atoms with Crippen molar-refractivity contribution in [2.75, 3.05) is 0 Å². The maximum Gasteiger partial charge on any atom is 0.332 e. The molecule has 2 heterocycles. The molecule has 2 rings (SSSR count). The van der Waals surface area contributed by atoms with Crippen molar-refractivity contribution in [3.05, 3.63) is 27.2 Å². The highest BCUT2D eigenvalue weighted by molar-refractivity contribution is 5.69. The van der Waals surface area contributed by atoms with E-state index >= 15 is 0 Å². The minimum Gasteiger partial charge on any atom is -0.328 e. The number of rotatable bonds is 1. The molecule has 0 spiro atoms. The van der Waals surface area contributed by atoms with Crippen LogP contribution in [0.1, 0.15) is 17.9 Å². The number of nitrogens with zero attached hydrogens (tertiary/aromatic N) is 4. The second-order valence-corrected chi connectivity index (χ2v) is 2.77. The van der Waals surface area contributed by atoms with Gasteiger partial charge in [0.2, 0.25) is 0 Å². The van der Waals surface area contributed by atoms with Crippen LogP contribution in [0.5, 0.6) is 0 Å². The summed E-state index contributed by atoms with van der Waals surface area (Å²) in [6, 6.07) is 0. The van der Waals surface area contributed by atoms with Gasteiger partial charge in [0.15, 0.2) is 11.2 Å². The zero-order valence-corrected chi connectivity index (χ0v) is 7.68. The van der Waals surface area contributed by atoms with Crippen molar-refractivity contribution < 1.29 is 11.0 Å². The van der Waals surface area contributed by atoms with Gasteiger partial charge in [-0.1, -0.05) is 0 Å². The average molecular weight is 216 g/mol. The van der Waals surface area contributed by atoms with Gasteiger partial charge in [-0.25, -0.2) is 9.78 Å². The summed E-state index contributed by atoms with van der Waals surface area (Å²) in [6.45, 7) is -7.60. The van der Waals surface area contributed by atoms with E-state index in [1.165, 1.54) is 0 Å². The molecular weight excluding hydrogens is 196 g/mol. The molecule has 0 aliphatic rings. The highest BCUT2D eigenvalue weighted by atomic mass is 16.2. The lowest BCUT2D eigenvalue weighted by molar-refractivity contribution is 0.635. The first-order valence-corrected chi connectivity index (χ1v) is 3.94. The Labute approximate surface area is 96.6 Å². The van der Waals surface area contributed by atoms with Gasteiger partial charge in [-0.05, 0) is 6.92 Å². The molecule has 0 aliphatic carbocycles. The maximum absolute atomic E-state index is 12.4. The lowest BCUT2D eigenvalue weighted by Crippen LogP contribution is -2.39. The molecule has 0 N–H and O–H groups in total. The van der Waals surface area contributed by atoms with Crippen LogP contribution in [0.2, 0.25) is 0 Å². The van der Waals surface area contributed by atoms with Gasteiger partial charge in [0, 0.05) is 31.4 Å². The first kappa shape index (κ1) is 3.96. The maximum atomic E-state index is 12.4. The lowest BCUT2D eigenvalue weighted by atomic mass is 10.5. The fourth-order valence-corrected chi connectivity index (χ4v) is 1.28. The third-order valence-electron chi connectivity index (χ3n) is 1.97. The molecular formula is C9H12N4O2. The molecule has 80 valence electrons. The Morgan fingerprint density at radius 1 is 1.53 bits per heavy atom. The van der Waals surface area contributed by atoms with Crippen LogP contribution in [0.15, 0.2) is 15.9 Å². The molecule has 0 unspecified atom stereocenters. The minimum absolute atomic E-state index is 0.0611. The van der Waals surface area contributed by atoms with Crippen LogP contribution in [0.4, 0.5) is 0 Å². The third-order valence-corrected chi connectivity index (χ3v) is 1.97. The number of aryl methyl sites for hydroxylation is 2. The van der Waals surface area contributed by atoms with E-state index in [2.05, 4.69) is 4.98 Å². The zero-order chi connectivity index (χ0) is 18.0. The van der Waals surface area contributed by atoms with E-state index in [1.54, 1.807) is 0 Å². The van der Waals surface area contributed by atoms with Crippen LogP contribution in [0.3, 0.4) is 0 Å². The van der Waals surface area contributed by atoms with Gasteiger partial charge in [0.25, 0.3) is 5.56 Å². The predicted molar refractivity (Wildman–Crippen MR) is 55.9 cm³/mol. The summed E-state index contributed by atoms with van der Waals surface area (Å²) in [5.74, 6) is 0. The molecule has 0 aromatic carbocycles. The van der Waals surface area contributed by atoms with Crippen LogP contribution in [0, 0.1) is 0 Å². The van der Waals surface area contributed by atoms with Crippen molar-refractivity contribution in [1.82, 2.24) is 18.7 Å². The van der Waals surface area contributed by atoms with Crippen molar-refractivity contribution in [2.24, 2.45) is 14.0 Å². The Hall–Kier alpha value is -1.85. The van der Waals surface area contributed by atoms with E-state index in [0.717, 1.165) is 13.3 Å². The Balaban J connectivity index is 3.18. The third kappa shape index (κ3) is 1.14. The Morgan fingerprint density at radius 3 is 2.93 bits per heavy atom.